The highest BCUT2D eigenvalue weighted by Gasteiger charge is 2.21. The first-order valence-electron chi connectivity index (χ1n) is 9.01. The van der Waals surface area contributed by atoms with E-state index in [1.165, 1.54) is 47.3 Å². The van der Waals surface area contributed by atoms with Gasteiger partial charge in [-0.15, -0.1) is 0 Å². The number of hydrogen-bond acceptors (Lipinski definition) is 1. The molecule has 128 valence electrons. The first kappa shape index (κ1) is 18.1. The lowest BCUT2D eigenvalue weighted by molar-refractivity contribution is 0.264. The Kier molecular flexibility index (Phi) is 5.28. The zero-order valence-electron chi connectivity index (χ0n) is 16.2. The fourth-order valence-corrected chi connectivity index (χ4v) is 3.02. The van der Waals surface area contributed by atoms with Gasteiger partial charge in [-0.3, -0.25) is 0 Å². The summed E-state index contributed by atoms with van der Waals surface area (Å²) < 4.78 is 5.65. The summed E-state index contributed by atoms with van der Waals surface area (Å²) in [7, 11) is 1.83. The van der Waals surface area contributed by atoms with Crippen molar-refractivity contribution in [1.29, 1.82) is 0 Å². The molecule has 1 aromatic carbocycles. The summed E-state index contributed by atoms with van der Waals surface area (Å²) >= 11 is 0. The van der Waals surface area contributed by atoms with Crippen molar-refractivity contribution < 1.29 is 4.74 Å². The number of benzene rings is 1. The Morgan fingerprint density at radius 1 is 0.913 bits per heavy atom. The minimum atomic E-state index is 0.187. The van der Waals surface area contributed by atoms with Crippen LogP contribution < -0.4 is 0 Å². The lowest BCUT2D eigenvalue weighted by atomic mass is 9.79. The van der Waals surface area contributed by atoms with Crippen LogP contribution in [-0.4, -0.2) is 7.11 Å². The zero-order valence-corrected chi connectivity index (χ0v) is 16.2. The van der Waals surface area contributed by atoms with E-state index >= 15 is 0 Å². The second-order valence-electron chi connectivity index (χ2n) is 9.00. The molecule has 0 saturated heterocycles. The van der Waals surface area contributed by atoms with Crippen molar-refractivity contribution >= 4 is 0 Å². The Morgan fingerprint density at radius 3 is 1.78 bits per heavy atom. The van der Waals surface area contributed by atoms with E-state index in [1.807, 2.05) is 7.11 Å². The van der Waals surface area contributed by atoms with Crippen LogP contribution in [0, 0.1) is 0 Å². The Balaban J connectivity index is 2.27. The Bertz CT molecular complexity index is 541. The number of allylic oxidation sites excluding steroid dienone is 2. The van der Waals surface area contributed by atoms with Crippen molar-refractivity contribution in [3.05, 3.63) is 46.2 Å². The Morgan fingerprint density at radius 2 is 1.43 bits per heavy atom. The molecular formula is C22H34O. The van der Waals surface area contributed by atoms with Gasteiger partial charge in [0.15, 0.2) is 0 Å². The highest BCUT2D eigenvalue weighted by Crippen LogP contribution is 2.33. The largest absolute Gasteiger partial charge is 0.501 e. The Labute approximate surface area is 143 Å². The minimum absolute atomic E-state index is 0.187. The van der Waals surface area contributed by atoms with E-state index in [2.05, 4.69) is 59.7 Å². The molecule has 0 unspecified atom stereocenters. The molecule has 1 saturated carbocycles. The molecule has 0 heterocycles. The van der Waals surface area contributed by atoms with Gasteiger partial charge in [0, 0.05) is 6.42 Å². The molecule has 0 radical (unpaired) electrons. The standard InChI is InChI=1S/C22H34O/c1-21(2,3)18-13-16(14-19(15-18)22(4,5)6)11-12-20(23-7)17-9-8-10-17/h13-15H,8-12H2,1-7H3. The molecule has 1 nitrogen and oxygen atoms in total. The fraction of sp³-hybridized carbons (Fsp3) is 0.636. The lowest BCUT2D eigenvalue weighted by Gasteiger charge is -2.26. The van der Waals surface area contributed by atoms with E-state index < -0.39 is 0 Å². The van der Waals surface area contributed by atoms with Crippen LogP contribution >= 0.6 is 0 Å². The molecule has 0 amide bonds. The van der Waals surface area contributed by atoms with E-state index in [0.717, 1.165) is 12.8 Å². The molecule has 0 spiro atoms. The predicted octanol–water partition coefficient (Wildman–Crippen LogP) is 6.30. The van der Waals surface area contributed by atoms with E-state index in [-0.39, 0.29) is 10.8 Å². The summed E-state index contributed by atoms with van der Waals surface area (Å²) in [6.07, 6.45) is 5.90. The zero-order chi connectivity index (χ0) is 17.3. The number of aryl methyl sites for hydroxylation is 1. The summed E-state index contributed by atoms with van der Waals surface area (Å²) in [4.78, 5) is 0. The lowest BCUT2D eigenvalue weighted by Crippen LogP contribution is -2.17. The monoisotopic (exact) mass is 314 g/mol. The second-order valence-corrected chi connectivity index (χ2v) is 9.00. The summed E-state index contributed by atoms with van der Waals surface area (Å²) in [6, 6.07) is 7.19. The van der Waals surface area contributed by atoms with Crippen LogP contribution in [0.15, 0.2) is 29.5 Å². The van der Waals surface area contributed by atoms with Crippen molar-refractivity contribution in [2.75, 3.05) is 7.11 Å². The molecule has 0 atom stereocenters. The third-order valence-electron chi connectivity index (χ3n) is 4.96. The maximum Gasteiger partial charge on any atom is 0.0950 e. The van der Waals surface area contributed by atoms with Crippen LogP contribution in [0.1, 0.15) is 83.9 Å². The number of rotatable bonds is 4. The van der Waals surface area contributed by atoms with E-state index in [1.54, 1.807) is 0 Å². The molecule has 1 aliphatic carbocycles. The van der Waals surface area contributed by atoms with Crippen LogP contribution in [-0.2, 0) is 22.0 Å². The third kappa shape index (κ3) is 4.62. The van der Waals surface area contributed by atoms with Crippen LogP contribution in [0.25, 0.3) is 0 Å². The van der Waals surface area contributed by atoms with Crippen LogP contribution in [0.3, 0.4) is 0 Å². The highest BCUT2D eigenvalue weighted by atomic mass is 16.5. The van der Waals surface area contributed by atoms with Gasteiger partial charge in [-0.1, -0.05) is 59.7 Å². The van der Waals surface area contributed by atoms with Crippen molar-refractivity contribution in [3.8, 4) is 0 Å². The van der Waals surface area contributed by atoms with Crippen LogP contribution in [0.2, 0.25) is 0 Å². The summed E-state index contributed by atoms with van der Waals surface area (Å²) in [5, 5.41) is 0. The van der Waals surface area contributed by atoms with Gasteiger partial charge in [0.1, 0.15) is 0 Å². The first-order valence-corrected chi connectivity index (χ1v) is 9.01. The van der Waals surface area contributed by atoms with Gasteiger partial charge in [0.05, 0.1) is 12.9 Å². The fourth-order valence-electron chi connectivity index (χ4n) is 3.02. The molecule has 1 fully saturated rings. The SMILES string of the molecule is COC(CCc1cc(C(C)(C)C)cc(C(C)(C)C)c1)=C1CCC1. The Hall–Kier alpha value is -1.24. The van der Waals surface area contributed by atoms with Gasteiger partial charge < -0.3 is 4.74 Å². The van der Waals surface area contributed by atoms with E-state index in [0.29, 0.717) is 0 Å². The van der Waals surface area contributed by atoms with Gasteiger partial charge in [-0.25, -0.2) is 0 Å². The minimum Gasteiger partial charge on any atom is -0.501 e. The van der Waals surface area contributed by atoms with Gasteiger partial charge >= 0.3 is 0 Å². The van der Waals surface area contributed by atoms with E-state index in [4.69, 9.17) is 4.74 Å². The van der Waals surface area contributed by atoms with Crippen molar-refractivity contribution in [1.82, 2.24) is 0 Å². The molecule has 1 aliphatic rings. The number of ether oxygens (including phenoxy) is 1. The van der Waals surface area contributed by atoms with Crippen molar-refractivity contribution in [2.45, 2.75) is 84.5 Å². The topological polar surface area (TPSA) is 9.23 Å². The summed E-state index contributed by atoms with van der Waals surface area (Å²) in [6.45, 7) is 13.8. The molecular weight excluding hydrogens is 280 g/mol. The number of hydrogen-bond donors (Lipinski definition) is 0. The van der Waals surface area contributed by atoms with Gasteiger partial charge in [-0.05, 0) is 58.8 Å². The smallest absolute Gasteiger partial charge is 0.0950 e. The molecule has 0 N–H and O–H groups in total. The normalized spacial score (nSPS) is 15.3. The first-order chi connectivity index (χ1) is 10.6. The highest BCUT2D eigenvalue weighted by molar-refractivity contribution is 5.37. The predicted molar refractivity (Wildman–Crippen MR) is 100 cm³/mol. The van der Waals surface area contributed by atoms with Gasteiger partial charge in [0.2, 0.25) is 0 Å². The summed E-state index contributed by atoms with van der Waals surface area (Å²) in [5.74, 6) is 1.23. The van der Waals surface area contributed by atoms with Gasteiger partial charge in [-0.2, -0.15) is 0 Å². The van der Waals surface area contributed by atoms with Crippen molar-refractivity contribution in [2.24, 2.45) is 0 Å². The summed E-state index contributed by atoms with van der Waals surface area (Å²) in [5.41, 5.74) is 6.23. The maximum atomic E-state index is 5.65. The molecule has 1 heteroatoms. The van der Waals surface area contributed by atoms with Crippen LogP contribution in [0.5, 0.6) is 0 Å². The van der Waals surface area contributed by atoms with Gasteiger partial charge in [0.25, 0.3) is 0 Å². The molecule has 0 aromatic heterocycles. The average molecular weight is 315 g/mol. The number of methoxy groups -OCH3 is 1. The van der Waals surface area contributed by atoms with E-state index in [9.17, 15) is 0 Å². The van der Waals surface area contributed by atoms with Crippen molar-refractivity contribution in [3.63, 3.8) is 0 Å². The molecule has 23 heavy (non-hydrogen) atoms. The molecule has 2 rings (SSSR count). The molecule has 1 aromatic rings. The maximum absolute atomic E-state index is 5.65. The third-order valence-corrected chi connectivity index (χ3v) is 4.96. The molecule has 0 aliphatic heterocycles. The quantitative estimate of drug-likeness (QED) is 0.593. The average Bonchev–Trinajstić information content (AvgIpc) is 2.38. The van der Waals surface area contributed by atoms with Crippen LogP contribution in [0.4, 0.5) is 0 Å². The molecule has 0 bridgehead atoms. The second kappa shape index (κ2) is 6.71.